The molecule has 0 amide bonds. The van der Waals surface area contributed by atoms with Crippen molar-refractivity contribution >= 4 is 11.9 Å². The number of ether oxygens (including phenoxy) is 2. The molecule has 9 aliphatic rings. The van der Waals surface area contributed by atoms with E-state index >= 15 is 0 Å². The molecule has 0 unspecified atom stereocenters. The van der Waals surface area contributed by atoms with Gasteiger partial charge in [0, 0.05) is 39.9 Å². The van der Waals surface area contributed by atoms with Crippen molar-refractivity contribution in [2.75, 3.05) is 26.4 Å². The third-order valence-corrected chi connectivity index (χ3v) is 25.9. The molecule has 0 aromatic rings. The van der Waals surface area contributed by atoms with Crippen LogP contribution in [0.2, 0.25) is 0 Å². The number of carbonyl (C=O) groups excluding carboxylic acids is 2. The van der Waals surface area contributed by atoms with Gasteiger partial charge >= 0.3 is 11.9 Å². The minimum atomic E-state index is -0.273. The lowest BCUT2D eigenvalue weighted by molar-refractivity contribution is -0.149. The summed E-state index contributed by atoms with van der Waals surface area (Å²) in [6, 6.07) is 5.00. The van der Waals surface area contributed by atoms with Crippen LogP contribution in [0.25, 0.3) is 0 Å². The average Bonchev–Trinajstić information content (AvgIpc) is 4.00. The first-order valence-corrected chi connectivity index (χ1v) is 31.3. The van der Waals surface area contributed by atoms with Crippen LogP contribution in [0.3, 0.4) is 0 Å². The molecule has 0 spiro atoms. The Hall–Kier alpha value is -2.98. The molecule has 21 atom stereocenters. The van der Waals surface area contributed by atoms with Gasteiger partial charge in [-0.25, -0.2) is 0 Å². The van der Waals surface area contributed by atoms with Crippen molar-refractivity contribution in [3.8, 4) is 12.1 Å². The number of carbonyl (C=O) groups is 2. The first-order chi connectivity index (χ1) is 36.3. The van der Waals surface area contributed by atoms with Crippen LogP contribution < -0.4 is 0 Å². The van der Waals surface area contributed by atoms with Crippen LogP contribution in [0.15, 0.2) is 36.5 Å². The number of nitrogens with zero attached hydrogens (tertiary/aromatic N) is 2. The molecule has 0 saturated heterocycles. The summed E-state index contributed by atoms with van der Waals surface area (Å²) in [5.41, 5.74) is 5.20. The molecule has 77 heavy (non-hydrogen) atoms. The number of hydrogen-bond acceptors (Lipinski definition) is 9. The molecular formula is C68H108N2O7. The van der Waals surface area contributed by atoms with E-state index in [4.69, 9.17) is 9.47 Å². The van der Waals surface area contributed by atoms with E-state index in [2.05, 4.69) is 87.3 Å². The van der Waals surface area contributed by atoms with Crippen molar-refractivity contribution in [3.05, 3.63) is 36.5 Å². The molecule has 9 nitrogen and oxygen atoms in total. The molecule has 9 saturated carbocycles. The molecule has 9 aliphatic carbocycles. The maximum absolute atomic E-state index is 11.5. The van der Waals surface area contributed by atoms with E-state index in [1.165, 1.54) is 108 Å². The van der Waals surface area contributed by atoms with Gasteiger partial charge in [0.1, 0.15) is 0 Å². The Bertz CT molecular complexity index is 2210. The SMILES string of the molecule is C=C1CC[C@H]2[C@H](CC#N)[C@@H]([C@@]3(C)CC[C@H](C)C[C@@H]3COC(C)=O)CC[C@]12C.C=C1CC[C@H]2[C@H](CC#N)[C@@H]([C@@]3(C)CC[C@H](O)C[C@@H]3CO)CC[C@]12C.C=C1CC[C@H]2[C@H](CO)[C@@H]([C@@]3(C)CC[C@H](C)C[C@@H]3COC(C)=O)CC[C@]12C. The summed E-state index contributed by atoms with van der Waals surface area (Å²) in [6.45, 7) is 36.6. The number of hydrogen-bond donors (Lipinski definition) is 3. The highest BCUT2D eigenvalue weighted by molar-refractivity contribution is 5.66. The van der Waals surface area contributed by atoms with Gasteiger partial charge in [-0.2, -0.15) is 10.5 Å². The van der Waals surface area contributed by atoms with E-state index in [0.29, 0.717) is 109 Å². The number of allylic oxidation sites excluding steroid dienone is 3. The topological polar surface area (TPSA) is 161 Å². The lowest BCUT2D eigenvalue weighted by atomic mass is 9.48. The monoisotopic (exact) mass is 1060 g/mol. The first kappa shape index (κ1) is 61.6. The number of aliphatic hydroxyl groups is 3. The third-order valence-electron chi connectivity index (χ3n) is 25.9. The number of rotatable bonds is 11. The van der Waals surface area contributed by atoms with E-state index < -0.39 is 0 Å². The fourth-order valence-electron chi connectivity index (χ4n) is 20.4. The molecule has 9 fully saturated rings. The summed E-state index contributed by atoms with van der Waals surface area (Å²) in [7, 11) is 0. The zero-order valence-corrected chi connectivity index (χ0v) is 50.2. The first-order valence-electron chi connectivity index (χ1n) is 31.3. The van der Waals surface area contributed by atoms with Crippen molar-refractivity contribution in [2.24, 2.45) is 115 Å². The van der Waals surface area contributed by atoms with E-state index in [0.717, 1.165) is 51.4 Å². The fraction of sp³-hybridized carbons (Fsp3) is 0.853. The van der Waals surface area contributed by atoms with Gasteiger partial charge in [0.25, 0.3) is 0 Å². The summed E-state index contributed by atoms with van der Waals surface area (Å²) in [5, 5.41) is 49.6. The molecule has 9 heteroatoms. The number of nitriles is 2. The lowest BCUT2D eigenvalue weighted by Crippen LogP contribution is -2.51. The Morgan fingerprint density at radius 2 is 0.857 bits per heavy atom. The van der Waals surface area contributed by atoms with Gasteiger partial charge in [0.2, 0.25) is 0 Å². The van der Waals surface area contributed by atoms with Gasteiger partial charge in [-0.05, 0) is 237 Å². The van der Waals surface area contributed by atoms with E-state index in [-0.39, 0.29) is 69.7 Å². The molecule has 9 rings (SSSR count). The summed E-state index contributed by atoms with van der Waals surface area (Å²) in [6.07, 6.45) is 24.6. The van der Waals surface area contributed by atoms with E-state index in [1.54, 1.807) is 0 Å². The summed E-state index contributed by atoms with van der Waals surface area (Å²) >= 11 is 0. The maximum Gasteiger partial charge on any atom is 0.302 e. The normalized spacial score (nSPS) is 46.3. The Kier molecular flexibility index (Phi) is 19.7. The van der Waals surface area contributed by atoms with Crippen LogP contribution >= 0.6 is 0 Å². The van der Waals surface area contributed by atoms with Gasteiger partial charge in [-0.3, -0.25) is 9.59 Å². The average molecular weight is 1070 g/mol. The van der Waals surface area contributed by atoms with Crippen LogP contribution in [-0.4, -0.2) is 59.8 Å². The standard InChI is InChI=1S/C24H37NO2.C23H38O3.C21H33NO2/c1-16-8-11-24(5,19(14-16)15-27-18(3)26)22-9-12-23(4)17(2)6-7-21(23)20(22)10-13-25;1-15-8-10-23(5,18(12-15)14-26-17(3)25)21-9-11-22(4)16(2)6-7-20(22)19(21)13-24;1-14-4-5-18-17(8-11-22)19(7-10-20(14,18)2)21(3)9-6-16(24)12-15(21)13-23/h16,19-22H,2,6-12,14-15H2,1,3-5H3;15,18-21,24H,2,6-14H2,1,3-5H3;15-19,23-24H,1,4-10,12-13H2,2-3H3/t16-,19+,20-,21-,22-,23+,24-;15-,18+,19-,20-,21-,22+,23-;15-,16+,17+,18+,19+,20-,21+/m001/s1. The second-order valence-electron chi connectivity index (χ2n) is 29.4. The Morgan fingerprint density at radius 1 is 0.506 bits per heavy atom. The van der Waals surface area contributed by atoms with E-state index in [9.17, 15) is 35.4 Å². The molecule has 0 aromatic heterocycles. The highest BCUT2D eigenvalue weighted by Crippen LogP contribution is 2.67. The van der Waals surface area contributed by atoms with Crippen molar-refractivity contribution in [2.45, 2.75) is 223 Å². The van der Waals surface area contributed by atoms with Crippen LogP contribution in [-0.2, 0) is 19.1 Å². The molecule has 0 heterocycles. The summed E-state index contributed by atoms with van der Waals surface area (Å²) in [5.74, 6) is 6.47. The zero-order chi connectivity index (χ0) is 56.5. The summed E-state index contributed by atoms with van der Waals surface area (Å²) in [4.78, 5) is 22.9. The number of aliphatic hydroxyl groups excluding tert-OH is 3. The maximum atomic E-state index is 11.5. The Morgan fingerprint density at radius 3 is 1.21 bits per heavy atom. The minimum absolute atomic E-state index is 0.0424. The second kappa shape index (κ2) is 24.6. The predicted molar refractivity (Wildman–Crippen MR) is 307 cm³/mol. The van der Waals surface area contributed by atoms with Gasteiger partial charge in [-0.15, -0.1) is 0 Å². The van der Waals surface area contributed by atoms with Crippen LogP contribution in [0.5, 0.6) is 0 Å². The van der Waals surface area contributed by atoms with Gasteiger partial charge in [0.15, 0.2) is 0 Å². The fourth-order valence-corrected chi connectivity index (χ4v) is 20.4. The largest absolute Gasteiger partial charge is 0.466 e. The molecular weight excluding hydrogens is 957 g/mol. The number of fused-ring (bicyclic) bond motifs is 3. The van der Waals surface area contributed by atoms with Crippen molar-refractivity contribution in [1.29, 1.82) is 10.5 Å². The van der Waals surface area contributed by atoms with Gasteiger partial charge < -0.3 is 24.8 Å². The third kappa shape index (κ3) is 11.9. The van der Waals surface area contributed by atoms with Crippen LogP contribution in [0, 0.1) is 138 Å². The van der Waals surface area contributed by atoms with Crippen molar-refractivity contribution in [3.63, 3.8) is 0 Å². The number of esters is 2. The highest BCUT2D eigenvalue weighted by atomic mass is 16.5. The Balaban J connectivity index is 0.000000168. The second-order valence-corrected chi connectivity index (χ2v) is 29.4. The smallest absolute Gasteiger partial charge is 0.302 e. The highest BCUT2D eigenvalue weighted by Gasteiger charge is 2.60. The van der Waals surface area contributed by atoms with Crippen LogP contribution in [0.1, 0.15) is 217 Å². The molecule has 0 aliphatic heterocycles. The molecule has 0 radical (unpaired) electrons. The minimum Gasteiger partial charge on any atom is -0.466 e. The Labute approximate surface area is 468 Å². The molecule has 0 aromatic carbocycles. The van der Waals surface area contributed by atoms with E-state index in [1.807, 2.05) is 0 Å². The van der Waals surface area contributed by atoms with Gasteiger partial charge in [-0.1, -0.05) is 105 Å². The predicted octanol–water partition coefficient (Wildman–Crippen LogP) is 14.9. The van der Waals surface area contributed by atoms with Crippen molar-refractivity contribution in [1.82, 2.24) is 0 Å². The van der Waals surface area contributed by atoms with Crippen molar-refractivity contribution < 1.29 is 34.4 Å². The zero-order valence-electron chi connectivity index (χ0n) is 50.2. The quantitative estimate of drug-likeness (QED) is 0.135. The molecule has 3 N–H and O–H groups in total. The van der Waals surface area contributed by atoms with Crippen LogP contribution in [0.4, 0.5) is 0 Å². The molecule has 0 bridgehead atoms. The lowest BCUT2D eigenvalue weighted by Gasteiger charge is -2.56. The summed E-state index contributed by atoms with van der Waals surface area (Å²) < 4.78 is 11.0. The molecule has 432 valence electrons. The van der Waals surface area contributed by atoms with Gasteiger partial charge in [0.05, 0.1) is 31.5 Å².